The molecule has 0 spiro atoms. The Labute approximate surface area is 142 Å². The molecule has 0 aliphatic heterocycles. The fraction of sp³-hybridized carbons (Fsp3) is 0.286. The van der Waals surface area contributed by atoms with E-state index in [4.69, 9.17) is 4.98 Å². The Balaban J connectivity index is 1.60. The van der Waals surface area contributed by atoms with Gasteiger partial charge in [0.05, 0.1) is 11.0 Å². The van der Waals surface area contributed by atoms with Gasteiger partial charge in [0.25, 0.3) is 0 Å². The van der Waals surface area contributed by atoms with E-state index in [1.807, 2.05) is 12.1 Å². The number of rotatable bonds is 3. The molecule has 1 fully saturated rings. The molecule has 0 radical (unpaired) electrons. The third-order valence-electron chi connectivity index (χ3n) is 4.86. The fourth-order valence-electron chi connectivity index (χ4n) is 3.52. The number of hydrogen-bond donors (Lipinski definition) is 2. The lowest BCUT2D eigenvalue weighted by atomic mass is 9.89. The first kappa shape index (κ1) is 15.0. The van der Waals surface area contributed by atoms with Crippen molar-refractivity contribution < 1.29 is 5.11 Å². The van der Waals surface area contributed by atoms with Crippen molar-refractivity contribution in [3.05, 3.63) is 54.4 Å². The molecule has 1 heterocycles. The molecule has 2 N–H and O–H groups in total. The van der Waals surface area contributed by atoms with Crippen molar-refractivity contribution in [3.8, 4) is 16.9 Å². The van der Waals surface area contributed by atoms with Gasteiger partial charge in [-0.25, -0.2) is 4.98 Å². The third-order valence-corrected chi connectivity index (χ3v) is 4.86. The Kier molecular flexibility index (Phi) is 4.08. The molecule has 3 nitrogen and oxygen atoms in total. The van der Waals surface area contributed by atoms with Crippen LogP contribution in [-0.2, 0) is 0 Å². The molecule has 0 saturated heterocycles. The van der Waals surface area contributed by atoms with Gasteiger partial charge in [0, 0.05) is 0 Å². The molecule has 0 amide bonds. The molecular formula is C21H22N2O. The van der Waals surface area contributed by atoms with Crippen LogP contribution in [0, 0.1) is 5.92 Å². The minimum atomic E-state index is 0.283. The van der Waals surface area contributed by atoms with E-state index in [0.29, 0.717) is 5.92 Å². The zero-order chi connectivity index (χ0) is 16.4. The van der Waals surface area contributed by atoms with Crippen molar-refractivity contribution >= 4 is 17.1 Å². The average molecular weight is 318 g/mol. The van der Waals surface area contributed by atoms with Crippen molar-refractivity contribution in [2.24, 2.45) is 5.92 Å². The number of phenolic OH excluding ortho intramolecular Hbond substituents is 1. The zero-order valence-electron chi connectivity index (χ0n) is 13.7. The van der Waals surface area contributed by atoms with Gasteiger partial charge >= 0.3 is 0 Å². The summed E-state index contributed by atoms with van der Waals surface area (Å²) in [6.45, 7) is 0. The number of hydrogen-bond acceptors (Lipinski definition) is 2. The zero-order valence-corrected chi connectivity index (χ0v) is 13.7. The van der Waals surface area contributed by atoms with Gasteiger partial charge in [-0.3, -0.25) is 0 Å². The van der Waals surface area contributed by atoms with Crippen LogP contribution in [0.1, 0.15) is 37.9 Å². The Morgan fingerprint density at radius 3 is 2.67 bits per heavy atom. The number of nitrogens with one attached hydrogen (secondary N) is 1. The maximum Gasteiger partial charge on any atom is 0.130 e. The number of aromatic amines is 1. The summed E-state index contributed by atoms with van der Waals surface area (Å²) < 4.78 is 0. The SMILES string of the molecule is Oc1cccc(-c2ccc3[nH]c(/C=C/C4CCCCC4)nc3c2)c1. The summed E-state index contributed by atoms with van der Waals surface area (Å²) in [7, 11) is 0. The first-order chi connectivity index (χ1) is 11.8. The van der Waals surface area contributed by atoms with E-state index in [1.54, 1.807) is 12.1 Å². The van der Waals surface area contributed by atoms with Crippen molar-refractivity contribution in [1.82, 2.24) is 9.97 Å². The van der Waals surface area contributed by atoms with Gasteiger partial charge in [-0.1, -0.05) is 43.5 Å². The summed E-state index contributed by atoms with van der Waals surface area (Å²) in [5, 5.41) is 9.65. The van der Waals surface area contributed by atoms with E-state index >= 15 is 0 Å². The first-order valence-electron chi connectivity index (χ1n) is 8.75. The van der Waals surface area contributed by atoms with Crippen LogP contribution in [0.2, 0.25) is 0 Å². The number of aromatic nitrogens is 2. The molecule has 4 rings (SSSR count). The summed E-state index contributed by atoms with van der Waals surface area (Å²) >= 11 is 0. The summed E-state index contributed by atoms with van der Waals surface area (Å²) in [5.74, 6) is 1.91. The maximum absolute atomic E-state index is 9.65. The Hall–Kier alpha value is -2.55. The Bertz CT molecular complexity index is 872. The number of fused-ring (bicyclic) bond motifs is 1. The summed E-state index contributed by atoms with van der Waals surface area (Å²) in [6.07, 6.45) is 11.1. The molecule has 1 saturated carbocycles. The number of aromatic hydroxyl groups is 1. The molecule has 3 aromatic rings. The topological polar surface area (TPSA) is 48.9 Å². The number of phenols is 1. The van der Waals surface area contributed by atoms with Crippen LogP contribution < -0.4 is 0 Å². The largest absolute Gasteiger partial charge is 0.508 e. The average Bonchev–Trinajstić information content (AvgIpc) is 3.03. The second-order valence-corrected chi connectivity index (χ2v) is 6.66. The van der Waals surface area contributed by atoms with Crippen LogP contribution in [0.3, 0.4) is 0 Å². The van der Waals surface area contributed by atoms with Gasteiger partial charge in [0.2, 0.25) is 0 Å². The maximum atomic E-state index is 9.65. The number of nitrogens with zero attached hydrogens (tertiary/aromatic N) is 1. The van der Waals surface area contributed by atoms with Crippen LogP contribution in [0.15, 0.2) is 48.5 Å². The van der Waals surface area contributed by atoms with E-state index in [2.05, 4.69) is 35.3 Å². The van der Waals surface area contributed by atoms with Crippen LogP contribution in [0.25, 0.3) is 28.2 Å². The van der Waals surface area contributed by atoms with Crippen molar-refractivity contribution in [1.29, 1.82) is 0 Å². The number of allylic oxidation sites excluding steroid dienone is 1. The second-order valence-electron chi connectivity index (χ2n) is 6.66. The van der Waals surface area contributed by atoms with Gasteiger partial charge in [-0.2, -0.15) is 0 Å². The van der Waals surface area contributed by atoms with Gasteiger partial charge in [-0.15, -0.1) is 0 Å². The predicted molar refractivity (Wildman–Crippen MR) is 98.8 cm³/mol. The van der Waals surface area contributed by atoms with E-state index in [1.165, 1.54) is 32.1 Å². The molecular weight excluding hydrogens is 296 g/mol. The lowest BCUT2D eigenvalue weighted by Crippen LogP contribution is -2.02. The molecule has 24 heavy (non-hydrogen) atoms. The minimum Gasteiger partial charge on any atom is -0.508 e. The minimum absolute atomic E-state index is 0.283. The van der Waals surface area contributed by atoms with Gasteiger partial charge in [0.15, 0.2) is 0 Å². The van der Waals surface area contributed by atoms with Gasteiger partial charge in [-0.05, 0) is 60.2 Å². The molecule has 0 unspecified atom stereocenters. The highest BCUT2D eigenvalue weighted by Crippen LogP contribution is 2.27. The highest BCUT2D eigenvalue weighted by Gasteiger charge is 2.10. The smallest absolute Gasteiger partial charge is 0.130 e. The monoisotopic (exact) mass is 318 g/mol. The van der Waals surface area contributed by atoms with Gasteiger partial charge in [0.1, 0.15) is 11.6 Å². The van der Waals surface area contributed by atoms with Crippen molar-refractivity contribution in [3.63, 3.8) is 0 Å². The number of H-pyrrole nitrogens is 1. The molecule has 3 heteroatoms. The quantitative estimate of drug-likeness (QED) is 0.667. The normalized spacial score (nSPS) is 16.2. The Morgan fingerprint density at radius 2 is 1.83 bits per heavy atom. The molecule has 1 aromatic heterocycles. The molecule has 0 bridgehead atoms. The number of benzene rings is 2. The number of imidazole rings is 1. The molecule has 1 aliphatic carbocycles. The lowest BCUT2D eigenvalue weighted by molar-refractivity contribution is 0.420. The second kappa shape index (κ2) is 6.52. The van der Waals surface area contributed by atoms with Crippen LogP contribution in [0.4, 0.5) is 0 Å². The van der Waals surface area contributed by atoms with Gasteiger partial charge < -0.3 is 10.1 Å². The van der Waals surface area contributed by atoms with E-state index < -0.39 is 0 Å². The standard InChI is InChI=1S/C21H22N2O/c24-18-8-4-7-16(13-18)17-10-11-19-20(14-17)23-21(22-19)12-9-15-5-2-1-3-6-15/h4,7-15,24H,1-3,5-6H2,(H,22,23)/b12-9+. The van der Waals surface area contributed by atoms with E-state index in [-0.39, 0.29) is 5.75 Å². The summed E-state index contributed by atoms with van der Waals surface area (Å²) in [6, 6.07) is 13.5. The van der Waals surface area contributed by atoms with Crippen molar-refractivity contribution in [2.75, 3.05) is 0 Å². The highest BCUT2D eigenvalue weighted by atomic mass is 16.3. The molecule has 0 atom stereocenters. The molecule has 1 aliphatic rings. The highest BCUT2D eigenvalue weighted by molar-refractivity contribution is 5.83. The summed E-state index contributed by atoms with van der Waals surface area (Å²) in [4.78, 5) is 8.08. The van der Waals surface area contributed by atoms with Crippen LogP contribution >= 0.6 is 0 Å². The first-order valence-corrected chi connectivity index (χ1v) is 8.75. The Morgan fingerprint density at radius 1 is 1.00 bits per heavy atom. The van der Waals surface area contributed by atoms with Crippen LogP contribution in [0.5, 0.6) is 5.75 Å². The van der Waals surface area contributed by atoms with Crippen molar-refractivity contribution in [2.45, 2.75) is 32.1 Å². The molecule has 122 valence electrons. The van der Waals surface area contributed by atoms with Crippen LogP contribution in [-0.4, -0.2) is 15.1 Å². The molecule has 2 aromatic carbocycles. The predicted octanol–water partition coefficient (Wildman–Crippen LogP) is 5.53. The van der Waals surface area contributed by atoms with E-state index in [9.17, 15) is 5.11 Å². The lowest BCUT2D eigenvalue weighted by Gasteiger charge is -2.17. The third kappa shape index (κ3) is 3.21. The fourth-order valence-corrected chi connectivity index (χ4v) is 3.52. The van der Waals surface area contributed by atoms with E-state index in [0.717, 1.165) is 28.0 Å². The summed E-state index contributed by atoms with van der Waals surface area (Å²) in [5.41, 5.74) is 4.06.